The lowest BCUT2D eigenvalue weighted by molar-refractivity contribution is -0.154. The Hall–Kier alpha value is -2.57. The summed E-state index contributed by atoms with van der Waals surface area (Å²) in [5.74, 6) is 0.391. The molecule has 3 rings (SSSR count). The second kappa shape index (κ2) is 8.43. The summed E-state index contributed by atoms with van der Waals surface area (Å²) in [6, 6.07) is 4.83. The lowest BCUT2D eigenvalue weighted by atomic mass is 9.86. The van der Waals surface area contributed by atoms with Crippen molar-refractivity contribution in [3.8, 4) is 5.75 Å². The molecule has 2 aliphatic rings. The molecule has 158 valence electrons. The molecule has 1 unspecified atom stereocenters. The van der Waals surface area contributed by atoms with Crippen LogP contribution in [0.15, 0.2) is 18.2 Å². The molecule has 2 fully saturated rings. The number of nitrogens with zero attached hydrogens (tertiary/aromatic N) is 1. The van der Waals surface area contributed by atoms with Gasteiger partial charge >= 0.3 is 12.0 Å². The van der Waals surface area contributed by atoms with Crippen LogP contribution in [-0.4, -0.2) is 42.6 Å². The van der Waals surface area contributed by atoms with E-state index in [0.29, 0.717) is 23.7 Å². The van der Waals surface area contributed by atoms with E-state index in [9.17, 15) is 14.4 Å². The van der Waals surface area contributed by atoms with Gasteiger partial charge in [0.1, 0.15) is 23.9 Å². The molecular formula is C22H30N2O5. The first kappa shape index (κ1) is 21.1. The first-order chi connectivity index (χ1) is 13.8. The van der Waals surface area contributed by atoms with Crippen LogP contribution >= 0.6 is 0 Å². The van der Waals surface area contributed by atoms with Gasteiger partial charge in [-0.15, -0.1) is 0 Å². The fraction of sp³-hybridized carbons (Fsp3) is 0.591. The smallest absolute Gasteiger partial charge is 0.326 e. The predicted octanol–water partition coefficient (Wildman–Crippen LogP) is 3.28. The summed E-state index contributed by atoms with van der Waals surface area (Å²) in [6.07, 6.45) is 3.96. The average molecular weight is 402 g/mol. The Bertz CT molecular complexity index is 800. The topological polar surface area (TPSA) is 84.9 Å². The molecule has 3 amide bonds. The third kappa shape index (κ3) is 4.09. The molecule has 1 N–H and O–H groups in total. The summed E-state index contributed by atoms with van der Waals surface area (Å²) in [6.45, 7) is 5.54. The maximum Gasteiger partial charge on any atom is 0.326 e. The fourth-order valence-electron chi connectivity index (χ4n) is 4.25. The van der Waals surface area contributed by atoms with Crippen LogP contribution in [0.1, 0.15) is 57.1 Å². The third-order valence-corrected chi connectivity index (χ3v) is 6.14. The van der Waals surface area contributed by atoms with Crippen molar-refractivity contribution >= 4 is 17.9 Å². The molecule has 1 aromatic rings. The van der Waals surface area contributed by atoms with Crippen molar-refractivity contribution in [1.82, 2.24) is 10.2 Å². The molecular weight excluding hydrogens is 372 g/mol. The number of esters is 1. The number of methoxy groups -OCH3 is 1. The number of hydrogen-bond donors (Lipinski definition) is 1. The van der Waals surface area contributed by atoms with Crippen LogP contribution in [0, 0.1) is 12.8 Å². The van der Waals surface area contributed by atoms with Gasteiger partial charge in [0, 0.05) is 0 Å². The van der Waals surface area contributed by atoms with Crippen molar-refractivity contribution in [3.63, 3.8) is 0 Å². The Morgan fingerprint density at radius 1 is 1.24 bits per heavy atom. The lowest BCUT2D eigenvalue weighted by Crippen LogP contribution is -2.44. The van der Waals surface area contributed by atoms with Gasteiger partial charge in [-0.2, -0.15) is 0 Å². The second-order valence-corrected chi connectivity index (χ2v) is 8.14. The van der Waals surface area contributed by atoms with Gasteiger partial charge in [-0.1, -0.05) is 19.9 Å². The van der Waals surface area contributed by atoms with Gasteiger partial charge in [0.25, 0.3) is 5.91 Å². The molecule has 0 radical (unpaired) electrons. The normalized spacial score (nSPS) is 27.0. The quantitative estimate of drug-likeness (QED) is 0.583. The van der Waals surface area contributed by atoms with Crippen LogP contribution in [0.5, 0.6) is 5.75 Å². The summed E-state index contributed by atoms with van der Waals surface area (Å²) in [7, 11) is 1.58. The van der Waals surface area contributed by atoms with E-state index in [1.165, 1.54) is 0 Å². The van der Waals surface area contributed by atoms with Crippen molar-refractivity contribution < 1.29 is 23.9 Å². The molecule has 1 aliphatic heterocycles. The van der Waals surface area contributed by atoms with Gasteiger partial charge < -0.3 is 14.8 Å². The first-order valence-electron chi connectivity index (χ1n) is 10.3. The molecule has 0 spiro atoms. The van der Waals surface area contributed by atoms with Crippen LogP contribution in [0.2, 0.25) is 0 Å². The minimum atomic E-state index is -1.19. The average Bonchev–Trinajstić information content (AvgIpc) is 2.94. The number of nitrogens with one attached hydrogen (secondary N) is 1. The molecule has 7 nitrogen and oxygen atoms in total. The van der Waals surface area contributed by atoms with Gasteiger partial charge in [0.15, 0.2) is 0 Å². The first-order valence-corrected chi connectivity index (χ1v) is 10.3. The van der Waals surface area contributed by atoms with E-state index >= 15 is 0 Å². The Morgan fingerprint density at radius 3 is 2.52 bits per heavy atom. The Morgan fingerprint density at radius 2 is 1.93 bits per heavy atom. The number of hydrogen-bond acceptors (Lipinski definition) is 5. The monoisotopic (exact) mass is 402 g/mol. The van der Waals surface area contributed by atoms with E-state index in [0.717, 1.165) is 36.1 Å². The van der Waals surface area contributed by atoms with E-state index in [2.05, 4.69) is 12.2 Å². The zero-order chi connectivity index (χ0) is 21.2. The van der Waals surface area contributed by atoms with Crippen LogP contribution < -0.4 is 10.1 Å². The van der Waals surface area contributed by atoms with Crippen molar-refractivity contribution in [3.05, 3.63) is 29.3 Å². The molecule has 0 bridgehead atoms. The summed E-state index contributed by atoms with van der Waals surface area (Å²) >= 11 is 0. The number of aryl methyl sites for hydroxylation is 1. The van der Waals surface area contributed by atoms with E-state index in [-0.39, 0.29) is 12.6 Å². The largest absolute Gasteiger partial charge is 0.496 e. The summed E-state index contributed by atoms with van der Waals surface area (Å²) in [4.78, 5) is 39.2. The Balaban J connectivity index is 1.73. The highest BCUT2D eigenvalue weighted by atomic mass is 16.5. The minimum Gasteiger partial charge on any atom is -0.496 e. The number of urea groups is 1. The molecule has 7 heteroatoms. The fourth-order valence-corrected chi connectivity index (χ4v) is 4.25. The maximum atomic E-state index is 13.2. The second-order valence-electron chi connectivity index (χ2n) is 8.14. The summed E-state index contributed by atoms with van der Waals surface area (Å²) < 4.78 is 10.8. The van der Waals surface area contributed by atoms with Gasteiger partial charge in [-0.05, 0) is 68.2 Å². The third-order valence-electron chi connectivity index (χ3n) is 6.14. The number of ether oxygens (including phenoxy) is 2. The van der Waals surface area contributed by atoms with Crippen molar-refractivity contribution in [1.29, 1.82) is 0 Å². The van der Waals surface area contributed by atoms with Crippen LogP contribution in [0.3, 0.4) is 0 Å². The highest BCUT2D eigenvalue weighted by molar-refractivity contribution is 6.09. The standard InChI is InChI=1S/C22H30N2O5/c1-5-22(16-8-11-18(28-4)15(3)12-16)20(26)24(21(27)23-22)13-19(25)29-17-9-6-14(2)7-10-17/h8,11-12,14,17H,5-7,9-10,13H2,1-4H3,(H,23,27). The molecule has 1 heterocycles. The molecule has 1 aromatic carbocycles. The van der Waals surface area contributed by atoms with E-state index in [1.54, 1.807) is 19.2 Å². The molecule has 1 saturated carbocycles. The van der Waals surface area contributed by atoms with Crippen molar-refractivity contribution in [2.45, 2.75) is 64.5 Å². The summed E-state index contributed by atoms with van der Waals surface area (Å²) in [5, 5.41) is 2.80. The van der Waals surface area contributed by atoms with E-state index < -0.39 is 23.4 Å². The number of carbonyl (C=O) groups is 3. The van der Waals surface area contributed by atoms with Crippen LogP contribution in [0.4, 0.5) is 4.79 Å². The van der Waals surface area contributed by atoms with Crippen molar-refractivity contribution in [2.24, 2.45) is 5.92 Å². The van der Waals surface area contributed by atoms with E-state index in [4.69, 9.17) is 9.47 Å². The van der Waals surface area contributed by atoms with Gasteiger partial charge in [-0.25, -0.2) is 4.79 Å². The van der Waals surface area contributed by atoms with Crippen LogP contribution in [-0.2, 0) is 19.9 Å². The van der Waals surface area contributed by atoms with Gasteiger partial charge in [0.2, 0.25) is 0 Å². The van der Waals surface area contributed by atoms with E-state index in [1.807, 2.05) is 19.9 Å². The SMILES string of the molecule is CCC1(c2ccc(OC)c(C)c2)NC(=O)N(CC(=O)OC2CCC(C)CC2)C1=O. The zero-order valence-electron chi connectivity index (χ0n) is 17.6. The van der Waals surface area contributed by atoms with Crippen molar-refractivity contribution in [2.75, 3.05) is 13.7 Å². The highest BCUT2D eigenvalue weighted by Gasteiger charge is 2.52. The minimum absolute atomic E-state index is 0.125. The molecule has 29 heavy (non-hydrogen) atoms. The van der Waals surface area contributed by atoms with Gasteiger partial charge in [-0.3, -0.25) is 14.5 Å². The van der Waals surface area contributed by atoms with Crippen LogP contribution in [0.25, 0.3) is 0 Å². The van der Waals surface area contributed by atoms with Gasteiger partial charge in [0.05, 0.1) is 7.11 Å². The predicted molar refractivity (Wildman–Crippen MR) is 107 cm³/mol. The number of benzene rings is 1. The Labute approximate surface area is 171 Å². The number of imide groups is 1. The summed E-state index contributed by atoms with van der Waals surface area (Å²) in [5.41, 5.74) is 0.354. The number of carbonyl (C=O) groups excluding carboxylic acids is 3. The molecule has 1 atom stereocenters. The zero-order valence-corrected chi connectivity index (χ0v) is 17.6. The number of amides is 3. The Kier molecular flexibility index (Phi) is 6.15. The highest BCUT2D eigenvalue weighted by Crippen LogP contribution is 2.35. The molecule has 1 aliphatic carbocycles. The molecule has 0 aromatic heterocycles. The maximum absolute atomic E-state index is 13.2. The lowest BCUT2D eigenvalue weighted by Gasteiger charge is -2.27. The number of rotatable bonds is 6. The molecule has 1 saturated heterocycles.